The predicted molar refractivity (Wildman–Crippen MR) is 123 cm³/mol. The Bertz CT molecular complexity index is 1080. The zero-order valence-electron chi connectivity index (χ0n) is 17.0. The van der Waals surface area contributed by atoms with E-state index in [1.807, 2.05) is 38.1 Å². The summed E-state index contributed by atoms with van der Waals surface area (Å²) in [6, 6.07) is 12.7. The maximum Gasteiger partial charge on any atom is 0.262 e. The third kappa shape index (κ3) is 5.41. The van der Waals surface area contributed by atoms with Crippen LogP contribution < -0.4 is 10.9 Å². The molecule has 1 heterocycles. The third-order valence-electron chi connectivity index (χ3n) is 4.52. The van der Waals surface area contributed by atoms with Crippen LogP contribution in [0.25, 0.3) is 10.9 Å². The number of fused-ring (bicyclic) bond motifs is 1. The highest BCUT2D eigenvalue weighted by atomic mass is 35.5. The summed E-state index contributed by atoms with van der Waals surface area (Å²) in [7, 11) is 0. The molecule has 30 heavy (non-hydrogen) atoms. The summed E-state index contributed by atoms with van der Waals surface area (Å²) in [4.78, 5) is 30.1. The number of amides is 1. The van der Waals surface area contributed by atoms with Crippen LogP contribution in [0.4, 0.5) is 5.69 Å². The molecule has 3 rings (SSSR count). The van der Waals surface area contributed by atoms with Crippen molar-refractivity contribution in [2.24, 2.45) is 0 Å². The number of hydrogen-bond donors (Lipinski definition) is 1. The quantitative estimate of drug-likeness (QED) is 0.298. The van der Waals surface area contributed by atoms with Gasteiger partial charge in [0.1, 0.15) is 0 Å². The second kappa shape index (κ2) is 10.6. The first-order valence-electron chi connectivity index (χ1n) is 9.76. The number of halogens is 1. The molecule has 0 bridgehead atoms. The first-order chi connectivity index (χ1) is 14.5. The average molecular weight is 446 g/mol. The molecule has 0 saturated carbocycles. The normalized spacial score (nSPS) is 11.0. The standard InChI is InChI=1S/C22H24ClN3O3S/c1-3-29-13-7-12-26-21(28)16-9-4-5-11-18(16)24-22(26)30-14-19(27)25-20-15(2)8-6-10-17(20)23/h4-6,8-11H,3,7,12-14H2,1-2H3,(H,25,27). The van der Waals surface area contributed by atoms with Crippen molar-refractivity contribution in [3.63, 3.8) is 0 Å². The minimum absolute atomic E-state index is 0.109. The van der Waals surface area contributed by atoms with Gasteiger partial charge in [-0.15, -0.1) is 0 Å². The van der Waals surface area contributed by atoms with Gasteiger partial charge in [0.2, 0.25) is 5.91 Å². The van der Waals surface area contributed by atoms with Crippen molar-refractivity contribution < 1.29 is 9.53 Å². The summed E-state index contributed by atoms with van der Waals surface area (Å²) in [6.45, 7) is 5.49. The lowest BCUT2D eigenvalue weighted by Gasteiger charge is -2.14. The number of ether oxygens (including phenoxy) is 1. The highest BCUT2D eigenvalue weighted by Crippen LogP contribution is 2.26. The van der Waals surface area contributed by atoms with Crippen LogP contribution in [-0.2, 0) is 16.1 Å². The van der Waals surface area contributed by atoms with Gasteiger partial charge in [0.15, 0.2) is 5.16 Å². The van der Waals surface area contributed by atoms with Crippen LogP contribution in [0.5, 0.6) is 0 Å². The Morgan fingerprint density at radius 3 is 2.80 bits per heavy atom. The van der Waals surface area contributed by atoms with Crippen LogP contribution >= 0.6 is 23.4 Å². The molecule has 8 heteroatoms. The number of carbonyl (C=O) groups excluding carboxylic acids is 1. The minimum Gasteiger partial charge on any atom is -0.382 e. The molecule has 0 radical (unpaired) electrons. The van der Waals surface area contributed by atoms with Crippen molar-refractivity contribution in [3.8, 4) is 0 Å². The Kier molecular flexibility index (Phi) is 7.90. The molecule has 0 aliphatic carbocycles. The number of benzene rings is 2. The molecule has 1 amide bonds. The maximum absolute atomic E-state index is 13.0. The number of nitrogens with one attached hydrogen (secondary N) is 1. The smallest absolute Gasteiger partial charge is 0.262 e. The molecular formula is C22H24ClN3O3S. The van der Waals surface area contributed by atoms with Gasteiger partial charge in [-0.2, -0.15) is 0 Å². The van der Waals surface area contributed by atoms with Gasteiger partial charge in [0.05, 0.1) is 27.4 Å². The Morgan fingerprint density at radius 1 is 1.23 bits per heavy atom. The first-order valence-corrected chi connectivity index (χ1v) is 11.1. The molecule has 0 saturated heterocycles. The topological polar surface area (TPSA) is 73.2 Å². The van der Waals surface area contributed by atoms with Gasteiger partial charge in [0, 0.05) is 19.8 Å². The van der Waals surface area contributed by atoms with E-state index >= 15 is 0 Å². The lowest BCUT2D eigenvalue weighted by Crippen LogP contribution is -2.25. The second-order valence-electron chi connectivity index (χ2n) is 6.69. The fourth-order valence-corrected chi connectivity index (χ4v) is 4.11. The molecule has 2 aromatic carbocycles. The lowest BCUT2D eigenvalue weighted by molar-refractivity contribution is -0.113. The van der Waals surface area contributed by atoms with Crippen LogP contribution in [0.15, 0.2) is 52.4 Å². The number of aryl methyl sites for hydroxylation is 1. The highest BCUT2D eigenvalue weighted by molar-refractivity contribution is 7.99. The summed E-state index contributed by atoms with van der Waals surface area (Å²) in [6.07, 6.45) is 0.687. The van der Waals surface area contributed by atoms with Crippen molar-refractivity contribution in [1.82, 2.24) is 9.55 Å². The number of thioether (sulfide) groups is 1. The molecule has 1 aromatic heterocycles. The zero-order valence-corrected chi connectivity index (χ0v) is 18.6. The summed E-state index contributed by atoms with van der Waals surface area (Å²) in [5.41, 5.74) is 2.00. The largest absolute Gasteiger partial charge is 0.382 e. The molecular weight excluding hydrogens is 422 g/mol. The number of anilines is 1. The summed E-state index contributed by atoms with van der Waals surface area (Å²) >= 11 is 7.43. The van der Waals surface area contributed by atoms with Crippen LogP contribution in [0.1, 0.15) is 18.9 Å². The highest BCUT2D eigenvalue weighted by Gasteiger charge is 2.14. The molecule has 0 aliphatic rings. The van der Waals surface area contributed by atoms with E-state index in [-0.39, 0.29) is 17.2 Å². The summed E-state index contributed by atoms with van der Waals surface area (Å²) < 4.78 is 7.02. The van der Waals surface area contributed by atoms with Gasteiger partial charge >= 0.3 is 0 Å². The van der Waals surface area contributed by atoms with E-state index in [0.717, 1.165) is 5.56 Å². The number of rotatable bonds is 9. The van der Waals surface area contributed by atoms with Crippen LogP contribution in [0.2, 0.25) is 5.02 Å². The minimum atomic E-state index is -0.209. The SMILES string of the molecule is CCOCCCn1c(SCC(=O)Nc2c(C)cccc2Cl)nc2ccccc2c1=O. The fourth-order valence-electron chi connectivity index (χ4n) is 3.02. The van der Waals surface area contributed by atoms with E-state index in [1.165, 1.54) is 11.8 Å². The Morgan fingerprint density at radius 2 is 2.03 bits per heavy atom. The van der Waals surface area contributed by atoms with Crippen molar-refractivity contribution in [1.29, 1.82) is 0 Å². The second-order valence-corrected chi connectivity index (χ2v) is 8.04. The van der Waals surface area contributed by atoms with Crippen LogP contribution in [0.3, 0.4) is 0 Å². The molecule has 0 fully saturated rings. The Balaban J connectivity index is 1.79. The first kappa shape index (κ1) is 22.3. The maximum atomic E-state index is 13.0. The molecule has 3 aromatic rings. The van der Waals surface area contributed by atoms with Crippen LogP contribution in [-0.4, -0.2) is 34.4 Å². The summed E-state index contributed by atoms with van der Waals surface area (Å²) in [5.74, 6) is -0.0968. The van der Waals surface area contributed by atoms with Crippen molar-refractivity contribution in [2.75, 3.05) is 24.3 Å². The van der Waals surface area contributed by atoms with Gasteiger partial charge in [-0.05, 0) is 44.0 Å². The van der Waals surface area contributed by atoms with Gasteiger partial charge in [-0.25, -0.2) is 4.98 Å². The van der Waals surface area contributed by atoms with Crippen molar-refractivity contribution in [2.45, 2.75) is 32.0 Å². The van der Waals surface area contributed by atoms with E-state index in [1.54, 1.807) is 22.8 Å². The molecule has 0 atom stereocenters. The lowest BCUT2D eigenvalue weighted by atomic mass is 10.2. The van der Waals surface area contributed by atoms with E-state index in [4.69, 9.17) is 16.3 Å². The van der Waals surface area contributed by atoms with Gasteiger partial charge < -0.3 is 10.1 Å². The van der Waals surface area contributed by atoms with E-state index in [0.29, 0.717) is 52.9 Å². The summed E-state index contributed by atoms with van der Waals surface area (Å²) in [5, 5.41) is 4.42. The van der Waals surface area contributed by atoms with E-state index in [9.17, 15) is 9.59 Å². The van der Waals surface area contributed by atoms with E-state index < -0.39 is 0 Å². The number of nitrogens with zero attached hydrogens (tertiary/aromatic N) is 2. The Hall–Kier alpha value is -2.35. The number of carbonyl (C=O) groups is 1. The average Bonchev–Trinajstić information content (AvgIpc) is 2.74. The van der Waals surface area contributed by atoms with Crippen LogP contribution in [0, 0.1) is 6.92 Å². The molecule has 1 N–H and O–H groups in total. The third-order valence-corrected chi connectivity index (χ3v) is 5.81. The molecule has 6 nitrogen and oxygen atoms in total. The Labute approximate surface area is 184 Å². The molecule has 0 aliphatic heterocycles. The van der Waals surface area contributed by atoms with Crippen molar-refractivity contribution >= 4 is 45.9 Å². The van der Waals surface area contributed by atoms with Gasteiger partial charge in [-0.1, -0.05) is 47.6 Å². The molecule has 158 valence electrons. The number of para-hydroxylation sites is 2. The predicted octanol–water partition coefficient (Wildman–Crippen LogP) is 4.52. The number of aromatic nitrogens is 2. The fraction of sp³-hybridized carbons (Fsp3) is 0.318. The molecule has 0 unspecified atom stereocenters. The van der Waals surface area contributed by atoms with E-state index in [2.05, 4.69) is 10.3 Å². The zero-order chi connectivity index (χ0) is 21.5. The van der Waals surface area contributed by atoms with Gasteiger partial charge in [0.25, 0.3) is 5.56 Å². The number of hydrogen-bond acceptors (Lipinski definition) is 5. The van der Waals surface area contributed by atoms with Gasteiger partial charge in [-0.3, -0.25) is 14.2 Å². The monoisotopic (exact) mass is 445 g/mol. The molecule has 0 spiro atoms. The van der Waals surface area contributed by atoms with Crippen molar-refractivity contribution in [3.05, 3.63) is 63.4 Å².